The fourth-order valence-corrected chi connectivity index (χ4v) is 1.76. The van der Waals surface area contributed by atoms with Crippen LogP contribution in [0.1, 0.15) is 6.92 Å². The first-order chi connectivity index (χ1) is 8.31. The lowest BCUT2D eigenvalue weighted by molar-refractivity contribution is -0.118. The molecule has 0 fully saturated rings. The summed E-state index contributed by atoms with van der Waals surface area (Å²) in [5, 5.41) is 7.46. The summed E-state index contributed by atoms with van der Waals surface area (Å²) >= 11 is 5.56. The van der Waals surface area contributed by atoms with Gasteiger partial charge in [0.2, 0.25) is 5.91 Å². The summed E-state index contributed by atoms with van der Waals surface area (Å²) in [7, 11) is -3.83. The summed E-state index contributed by atoms with van der Waals surface area (Å²) in [6.45, 7) is 1.69. The Kier molecular flexibility index (Phi) is 4.94. The molecule has 18 heavy (non-hydrogen) atoms. The molecule has 0 aliphatic rings. The standard InChI is InChI=1S/C10H14ClN3O3S/c1-7(6-11)10(15)13-8-3-2-4-9(5-8)14-18(12,16)17/h2-5,7,14H,6H2,1H3,(H,13,15)(H2,12,16,17). The van der Waals surface area contributed by atoms with Gasteiger partial charge in [-0.25, -0.2) is 5.14 Å². The van der Waals surface area contributed by atoms with E-state index in [1.165, 1.54) is 12.1 Å². The zero-order chi connectivity index (χ0) is 13.8. The predicted octanol–water partition coefficient (Wildman–Crippen LogP) is 1.12. The monoisotopic (exact) mass is 291 g/mol. The van der Waals surface area contributed by atoms with Crippen LogP contribution in [-0.4, -0.2) is 20.2 Å². The molecule has 1 amide bonds. The number of anilines is 2. The van der Waals surface area contributed by atoms with Gasteiger partial charge in [-0.05, 0) is 18.2 Å². The van der Waals surface area contributed by atoms with Crippen LogP contribution >= 0.6 is 11.6 Å². The summed E-state index contributed by atoms with van der Waals surface area (Å²) in [6, 6.07) is 6.20. The quantitative estimate of drug-likeness (QED) is 0.708. The lowest BCUT2D eigenvalue weighted by Gasteiger charge is -2.10. The van der Waals surface area contributed by atoms with Crippen molar-refractivity contribution < 1.29 is 13.2 Å². The number of carbonyl (C=O) groups excluding carboxylic acids is 1. The number of amides is 1. The minimum atomic E-state index is -3.83. The first-order valence-electron chi connectivity index (χ1n) is 5.09. The first kappa shape index (κ1) is 14.7. The third-order valence-electron chi connectivity index (χ3n) is 2.07. The van der Waals surface area contributed by atoms with Crippen LogP contribution in [0.2, 0.25) is 0 Å². The number of hydrogen-bond acceptors (Lipinski definition) is 3. The molecule has 0 aliphatic heterocycles. The number of rotatable bonds is 5. The maximum Gasteiger partial charge on any atom is 0.296 e. The fraction of sp³-hybridized carbons (Fsp3) is 0.300. The Balaban J connectivity index is 2.80. The molecule has 1 aromatic carbocycles. The maximum absolute atomic E-state index is 11.6. The molecule has 1 atom stereocenters. The normalized spacial score (nSPS) is 12.8. The second-order valence-corrected chi connectivity index (χ2v) is 5.38. The van der Waals surface area contributed by atoms with E-state index in [9.17, 15) is 13.2 Å². The third-order valence-corrected chi connectivity index (χ3v) is 3.05. The molecule has 0 radical (unpaired) electrons. The van der Waals surface area contributed by atoms with Crippen molar-refractivity contribution in [3.63, 3.8) is 0 Å². The lowest BCUT2D eigenvalue weighted by atomic mass is 10.2. The van der Waals surface area contributed by atoms with Gasteiger partial charge in [0.15, 0.2) is 0 Å². The minimum absolute atomic E-state index is 0.209. The summed E-state index contributed by atoms with van der Waals surface area (Å²) in [5.41, 5.74) is 0.736. The molecule has 0 aromatic heterocycles. The number of carbonyl (C=O) groups is 1. The zero-order valence-electron chi connectivity index (χ0n) is 9.68. The van der Waals surface area contributed by atoms with E-state index in [-0.39, 0.29) is 23.4 Å². The van der Waals surface area contributed by atoms with Crippen molar-refractivity contribution >= 4 is 39.1 Å². The summed E-state index contributed by atoms with van der Waals surface area (Å²) in [6.07, 6.45) is 0. The zero-order valence-corrected chi connectivity index (χ0v) is 11.3. The van der Waals surface area contributed by atoms with Gasteiger partial charge in [0.1, 0.15) is 0 Å². The van der Waals surface area contributed by atoms with Crippen LogP contribution in [0.15, 0.2) is 24.3 Å². The van der Waals surface area contributed by atoms with Gasteiger partial charge in [-0.2, -0.15) is 8.42 Å². The number of halogens is 1. The highest BCUT2D eigenvalue weighted by atomic mass is 35.5. The molecule has 0 spiro atoms. The van der Waals surface area contributed by atoms with Crippen molar-refractivity contribution in [2.45, 2.75) is 6.92 Å². The molecule has 0 saturated heterocycles. The van der Waals surface area contributed by atoms with E-state index in [0.717, 1.165) is 0 Å². The summed E-state index contributed by atoms with van der Waals surface area (Å²) in [4.78, 5) is 11.6. The molecule has 0 aliphatic carbocycles. The number of nitrogens with one attached hydrogen (secondary N) is 2. The highest BCUT2D eigenvalue weighted by molar-refractivity contribution is 7.90. The highest BCUT2D eigenvalue weighted by Crippen LogP contribution is 2.16. The van der Waals surface area contributed by atoms with E-state index in [2.05, 4.69) is 10.0 Å². The van der Waals surface area contributed by atoms with Crippen LogP contribution in [0.3, 0.4) is 0 Å². The van der Waals surface area contributed by atoms with Gasteiger partial charge in [-0.1, -0.05) is 13.0 Å². The summed E-state index contributed by atoms with van der Waals surface area (Å²) in [5.74, 6) is -0.361. The Labute approximate surface area is 111 Å². The van der Waals surface area contributed by atoms with E-state index in [1.54, 1.807) is 19.1 Å². The van der Waals surface area contributed by atoms with E-state index in [1.807, 2.05) is 0 Å². The van der Waals surface area contributed by atoms with E-state index in [4.69, 9.17) is 16.7 Å². The molecule has 0 heterocycles. The molecule has 0 saturated carbocycles. The lowest BCUT2D eigenvalue weighted by Crippen LogP contribution is -2.23. The Morgan fingerprint density at radius 2 is 2.06 bits per heavy atom. The largest absolute Gasteiger partial charge is 0.326 e. The molecule has 6 nitrogen and oxygen atoms in total. The van der Waals surface area contributed by atoms with Gasteiger partial charge >= 0.3 is 0 Å². The van der Waals surface area contributed by atoms with Crippen molar-refractivity contribution in [2.75, 3.05) is 15.9 Å². The Morgan fingerprint density at radius 3 is 2.61 bits per heavy atom. The molecule has 1 unspecified atom stereocenters. The molecular weight excluding hydrogens is 278 g/mol. The number of nitrogens with two attached hydrogens (primary N) is 1. The summed E-state index contributed by atoms with van der Waals surface area (Å²) < 4.78 is 23.8. The molecule has 8 heteroatoms. The molecular formula is C10H14ClN3O3S. The molecule has 4 N–H and O–H groups in total. The van der Waals surface area contributed by atoms with Gasteiger partial charge in [0.25, 0.3) is 10.2 Å². The van der Waals surface area contributed by atoms with Crippen molar-refractivity contribution in [3.05, 3.63) is 24.3 Å². The van der Waals surface area contributed by atoms with Crippen LogP contribution in [0.25, 0.3) is 0 Å². The van der Waals surface area contributed by atoms with Crippen molar-refractivity contribution in [1.82, 2.24) is 0 Å². The third kappa shape index (κ3) is 4.91. The highest BCUT2D eigenvalue weighted by Gasteiger charge is 2.11. The van der Waals surface area contributed by atoms with Gasteiger partial charge in [-0.15, -0.1) is 11.6 Å². The average Bonchev–Trinajstić information content (AvgIpc) is 2.26. The topological polar surface area (TPSA) is 101 Å². The van der Waals surface area contributed by atoms with Crippen LogP contribution in [0.4, 0.5) is 11.4 Å². The Bertz CT molecular complexity index is 533. The molecule has 100 valence electrons. The molecule has 1 aromatic rings. The van der Waals surface area contributed by atoms with Gasteiger partial charge in [0.05, 0.1) is 5.69 Å². The second-order valence-electron chi connectivity index (χ2n) is 3.77. The second kappa shape index (κ2) is 6.03. The van der Waals surface area contributed by atoms with E-state index < -0.39 is 10.2 Å². The van der Waals surface area contributed by atoms with Crippen LogP contribution in [-0.2, 0) is 15.0 Å². The van der Waals surface area contributed by atoms with E-state index in [0.29, 0.717) is 5.69 Å². The molecule has 0 bridgehead atoms. The van der Waals surface area contributed by atoms with Crippen LogP contribution in [0, 0.1) is 5.92 Å². The number of alkyl halides is 1. The SMILES string of the molecule is CC(CCl)C(=O)Nc1cccc(NS(N)(=O)=O)c1. The minimum Gasteiger partial charge on any atom is -0.326 e. The smallest absolute Gasteiger partial charge is 0.296 e. The fourth-order valence-electron chi connectivity index (χ4n) is 1.16. The maximum atomic E-state index is 11.6. The van der Waals surface area contributed by atoms with Crippen LogP contribution < -0.4 is 15.2 Å². The van der Waals surface area contributed by atoms with Gasteiger partial charge in [0, 0.05) is 17.5 Å². The Hall–Kier alpha value is -1.31. The van der Waals surface area contributed by atoms with Gasteiger partial charge < -0.3 is 5.32 Å². The number of hydrogen-bond donors (Lipinski definition) is 3. The molecule has 1 rings (SSSR count). The first-order valence-corrected chi connectivity index (χ1v) is 7.17. The number of benzene rings is 1. The average molecular weight is 292 g/mol. The Morgan fingerprint density at radius 1 is 1.44 bits per heavy atom. The van der Waals surface area contributed by atoms with E-state index >= 15 is 0 Å². The predicted molar refractivity (Wildman–Crippen MR) is 71.7 cm³/mol. The van der Waals surface area contributed by atoms with Crippen molar-refractivity contribution in [1.29, 1.82) is 0 Å². The van der Waals surface area contributed by atoms with Crippen molar-refractivity contribution in [3.8, 4) is 0 Å². The van der Waals surface area contributed by atoms with Gasteiger partial charge in [-0.3, -0.25) is 9.52 Å². The van der Waals surface area contributed by atoms with Crippen LogP contribution in [0.5, 0.6) is 0 Å². The van der Waals surface area contributed by atoms with Crippen molar-refractivity contribution in [2.24, 2.45) is 11.1 Å².